The minimum absolute atomic E-state index is 0.00729. The second-order valence-electron chi connectivity index (χ2n) is 7.34. The van der Waals surface area contributed by atoms with Crippen molar-refractivity contribution in [3.63, 3.8) is 0 Å². The molecule has 1 heterocycles. The largest absolute Gasteiger partial charge is 0.466 e. The smallest absolute Gasteiger partial charge is 0.310 e. The molecule has 7 nitrogen and oxygen atoms in total. The highest BCUT2D eigenvalue weighted by Gasteiger charge is 2.30. The zero-order chi connectivity index (χ0) is 21.7. The standard InChI is InChI=1S/C22H26N2O5S/c1-3-29-22(26)18-7-5-13-24(15-18)21(25)17-6-4-8-20(14-17)30(27,28)23-19-11-9-16(2)10-12-19/h4,6,8-12,14,18,23H,3,5,7,13,15H2,1-2H3/t18-/m1/s1. The number of nitrogens with one attached hydrogen (secondary N) is 1. The van der Waals surface area contributed by atoms with Gasteiger partial charge in [0.1, 0.15) is 0 Å². The summed E-state index contributed by atoms with van der Waals surface area (Å²) in [4.78, 5) is 26.6. The number of piperidine rings is 1. The number of esters is 1. The van der Waals surface area contributed by atoms with Gasteiger partial charge in [-0.05, 0) is 57.0 Å². The van der Waals surface area contributed by atoms with Crippen molar-refractivity contribution in [1.29, 1.82) is 0 Å². The summed E-state index contributed by atoms with van der Waals surface area (Å²) in [5.74, 6) is -0.942. The number of hydrogen-bond donors (Lipinski definition) is 1. The molecular formula is C22H26N2O5S. The second-order valence-corrected chi connectivity index (χ2v) is 9.02. The van der Waals surface area contributed by atoms with E-state index in [9.17, 15) is 18.0 Å². The molecule has 1 amide bonds. The lowest BCUT2D eigenvalue weighted by atomic mass is 9.97. The molecule has 2 aromatic rings. The monoisotopic (exact) mass is 430 g/mol. The van der Waals surface area contributed by atoms with Gasteiger partial charge in [-0.1, -0.05) is 23.8 Å². The van der Waals surface area contributed by atoms with Gasteiger partial charge in [-0.2, -0.15) is 0 Å². The van der Waals surface area contributed by atoms with Crippen LogP contribution in [0.15, 0.2) is 53.4 Å². The average molecular weight is 431 g/mol. The van der Waals surface area contributed by atoms with E-state index in [1.54, 1.807) is 36.1 Å². The third-order valence-corrected chi connectivity index (χ3v) is 6.40. The van der Waals surface area contributed by atoms with Crippen LogP contribution in [0.5, 0.6) is 0 Å². The van der Waals surface area contributed by atoms with Gasteiger partial charge in [0.15, 0.2) is 0 Å². The zero-order valence-corrected chi connectivity index (χ0v) is 17.9. The normalized spacial score (nSPS) is 16.7. The predicted molar refractivity (Wildman–Crippen MR) is 114 cm³/mol. The number of carbonyl (C=O) groups is 2. The van der Waals surface area contributed by atoms with Gasteiger partial charge in [0, 0.05) is 24.3 Å². The number of benzene rings is 2. The molecule has 160 valence electrons. The Labute approximate surface area is 177 Å². The van der Waals surface area contributed by atoms with Crippen molar-refractivity contribution >= 4 is 27.6 Å². The fourth-order valence-electron chi connectivity index (χ4n) is 3.43. The first-order valence-electron chi connectivity index (χ1n) is 9.95. The van der Waals surface area contributed by atoms with Crippen LogP contribution in [0, 0.1) is 12.8 Å². The van der Waals surface area contributed by atoms with E-state index >= 15 is 0 Å². The molecule has 30 heavy (non-hydrogen) atoms. The number of ether oxygens (including phenoxy) is 1. The van der Waals surface area contributed by atoms with Crippen molar-refractivity contribution in [1.82, 2.24) is 4.90 Å². The highest BCUT2D eigenvalue weighted by atomic mass is 32.2. The van der Waals surface area contributed by atoms with E-state index < -0.39 is 10.0 Å². The maximum absolute atomic E-state index is 13.0. The third kappa shape index (κ3) is 5.18. The Kier molecular flexibility index (Phi) is 6.77. The maximum atomic E-state index is 13.0. The van der Waals surface area contributed by atoms with Crippen molar-refractivity contribution in [2.75, 3.05) is 24.4 Å². The van der Waals surface area contributed by atoms with Crippen molar-refractivity contribution in [3.8, 4) is 0 Å². The van der Waals surface area contributed by atoms with Crippen LogP contribution in [0.2, 0.25) is 0 Å². The van der Waals surface area contributed by atoms with Gasteiger partial charge in [0.25, 0.3) is 15.9 Å². The molecule has 1 aliphatic rings. The van der Waals surface area contributed by atoms with Crippen molar-refractivity contribution in [2.45, 2.75) is 31.6 Å². The summed E-state index contributed by atoms with van der Waals surface area (Å²) in [6.07, 6.45) is 1.37. The summed E-state index contributed by atoms with van der Waals surface area (Å²) >= 11 is 0. The van der Waals surface area contributed by atoms with Gasteiger partial charge in [-0.25, -0.2) is 8.42 Å². The lowest BCUT2D eigenvalue weighted by Gasteiger charge is -2.31. The summed E-state index contributed by atoms with van der Waals surface area (Å²) in [5, 5.41) is 0. The molecule has 0 spiro atoms. The fourth-order valence-corrected chi connectivity index (χ4v) is 4.53. The van der Waals surface area contributed by atoms with Crippen molar-refractivity contribution in [2.24, 2.45) is 5.92 Å². The van der Waals surface area contributed by atoms with E-state index in [1.165, 1.54) is 12.1 Å². The van der Waals surface area contributed by atoms with E-state index in [-0.39, 0.29) is 34.8 Å². The molecule has 0 radical (unpaired) electrons. The molecule has 1 aliphatic heterocycles. The Balaban J connectivity index is 1.76. The van der Waals surface area contributed by atoms with Gasteiger partial charge in [0.05, 0.1) is 17.4 Å². The van der Waals surface area contributed by atoms with Gasteiger partial charge in [-0.3, -0.25) is 14.3 Å². The van der Waals surface area contributed by atoms with Crippen LogP contribution in [0.25, 0.3) is 0 Å². The minimum atomic E-state index is -3.84. The predicted octanol–water partition coefficient (Wildman–Crippen LogP) is 3.21. The first-order chi connectivity index (χ1) is 14.3. The Hall–Kier alpha value is -2.87. The highest BCUT2D eigenvalue weighted by Crippen LogP contribution is 2.22. The number of hydrogen-bond acceptors (Lipinski definition) is 5. The number of likely N-dealkylation sites (tertiary alicyclic amines) is 1. The molecule has 8 heteroatoms. The van der Waals surface area contributed by atoms with Gasteiger partial charge in [0.2, 0.25) is 0 Å². The Morgan fingerprint density at radius 2 is 1.90 bits per heavy atom. The highest BCUT2D eigenvalue weighted by molar-refractivity contribution is 7.92. The summed E-state index contributed by atoms with van der Waals surface area (Å²) in [5.41, 5.74) is 1.74. The molecule has 2 aromatic carbocycles. The Bertz CT molecular complexity index is 1020. The molecule has 1 saturated heterocycles. The number of carbonyl (C=O) groups excluding carboxylic acids is 2. The summed E-state index contributed by atoms with van der Waals surface area (Å²) in [6.45, 7) is 4.77. The average Bonchev–Trinajstić information content (AvgIpc) is 2.75. The van der Waals surface area contributed by atoms with Crippen LogP contribution in [0.4, 0.5) is 5.69 Å². The number of anilines is 1. The number of rotatable bonds is 6. The Morgan fingerprint density at radius 1 is 1.17 bits per heavy atom. The van der Waals surface area contributed by atoms with Crippen molar-refractivity contribution in [3.05, 3.63) is 59.7 Å². The molecular weight excluding hydrogens is 404 g/mol. The molecule has 0 aromatic heterocycles. The number of sulfonamides is 1. The zero-order valence-electron chi connectivity index (χ0n) is 17.1. The summed E-state index contributed by atoms with van der Waals surface area (Å²) in [7, 11) is -3.84. The Morgan fingerprint density at radius 3 is 2.60 bits per heavy atom. The van der Waals surface area contributed by atoms with E-state index in [2.05, 4.69) is 4.72 Å². The molecule has 1 atom stereocenters. The van der Waals surface area contributed by atoms with E-state index in [0.717, 1.165) is 5.56 Å². The number of aryl methyl sites for hydroxylation is 1. The quantitative estimate of drug-likeness (QED) is 0.711. The molecule has 0 aliphatic carbocycles. The van der Waals surface area contributed by atoms with E-state index in [1.807, 2.05) is 19.1 Å². The minimum Gasteiger partial charge on any atom is -0.466 e. The lowest BCUT2D eigenvalue weighted by Crippen LogP contribution is -2.42. The third-order valence-electron chi connectivity index (χ3n) is 5.02. The maximum Gasteiger partial charge on any atom is 0.310 e. The molecule has 1 fully saturated rings. The van der Waals surface area contributed by atoms with Gasteiger partial charge < -0.3 is 9.64 Å². The van der Waals surface area contributed by atoms with Crippen LogP contribution in [-0.4, -0.2) is 44.9 Å². The number of nitrogens with zero attached hydrogens (tertiary/aromatic N) is 1. The molecule has 1 N–H and O–H groups in total. The first-order valence-corrected chi connectivity index (χ1v) is 11.4. The van der Waals surface area contributed by atoms with Crippen LogP contribution in [-0.2, 0) is 19.6 Å². The van der Waals surface area contributed by atoms with E-state index in [4.69, 9.17) is 4.74 Å². The molecule has 0 unspecified atom stereocenters. The molecule has 0 bridgehead atoms. The van der Waals surface area contributed by atoms with Crippen LogP contribution in [0.1, 0.15) is 35.7 Å². The topological polar surface area (TPSA) is 92.8 Å². The van der Waals surface area contributed by atoms with Gasteiger partial charge >= 0.3 is 5.97 Å². The van der Waals surface area contributed by atoms with Crippen LogP contribution >= 0.6 is 0 Å². The number of amides is 1. The first kappa shape index (κ1) is 21.8. The van der Waals surface area contributed by atoms with Crippen molar-refractivity contribution < 1.29 is 22.7 Å². The van der Waals surface area contributed by atoms with Crippen LogP contribution < -0.4 is 4.72 Å². The lowest BCUT2D eigenvalue weighted by molar-refractivity contribution is -0.149. The van der Waals surface area contributed by atoms with Crippen LogP contribution in [0.3, 0.4) is 0 Å². The molecule has 3 rings (SSSR count). The SMILES string of the molecule is CCOC(=O)[C@@H]1CCCN(C(=O)c2cccc(S(=O)(=O)Nc3ccc(C)cc3)c2)C1. The summed E-state index contributed by atoms with van der Waals surface area (Å²) in [6, 6.07) is 12.9. The summed E-state index contributed by atoms with van der Waals surface area (Å²) < 4.78 is 33.1. The molecule has 0 saturated carbocycles. The second kappa shape index (κ2) is 9.30. The fraction of sp³-hybridized carbons (Fsp3) is 0.364. The van der Waals surface area contributed by atoms with Gasteiger partial charge in [-0.15, -0.1) is 0 Å². The van der Waals surface area contributed by atoms with E-state index in [0.29, 0.717) is 31.7 Å².